The van der Waals surface area contributed by atoms with E-state index in [0.717, 1.165) is 5.56 Å². The Bertz CT molecular complexity index is 1050. The first-order chi connectivity index (χ1) is 13.1. The molecule has 5 nitrogen and oxygen atoms in total. The number of nitrogens with one attached hydrogen (secondary N) is 1. The number of rotatable bonds is 3. The van der Waals surface area contributed by atoms with Gasteiger partial charge in [-0.2, -0.15) is 0 Å². The van der Waals surface area contributed by atoms with Crippen LogP contribution in [0.2, 0.25) is 5.02 Å². The Morgan fingerprint density at radius 2 is 1.86 bits per heavy atom. The highest BCUT2D eigenvalue weighted by Gasteiger charge is 2.54. The Morgan fingerprint density at radius 3 is 2.50 bits per heavy atom. The minimum atomic E-state index is -3.90. The predicted molar refractivity (Wildman–Crippen MR) is 107 cm³/mol. The average Bonchev–Trinajstić information content (AvgIpc) is 2.61. The number of fused-ring (bicyclic) bond motifs is 4. The van der Waals surface area contributed by atoms with Gasteiger partial charge in [0.2, 0.25) is 5.91 Å². The second-order valence-electron chi connectivity index (χ2n) is 8.00. The third-order valence-electron chi connectivity index (χ3n) is 5.54. The summed E-state index contributed by atoms with van der Waals surface area (Å²) >= 11 is 6.14. The molecule has 2 aliphatic heterocycles. The van der Waals surface area contributed by atoms with Crippen molar-refractivity contribution in [2.24, 2.45) is 0 Å². The molecule has 0 aliphatic carbocycles. The van der Waals surface area contributed by atoms with E-state index in [2.05, 4.69) is 5.32 Å². The maximum Gasteiger partial charge on any atom is 0.242 e. The fraction of sp³-hybridized carbons (Fsp3) is 0.381. The Balaban J connectivity index is 1.81. The SMILES string of the molecule is CC(C)c1ccc(S(=O)(=O)[C@H]2C(=O)N[C@]3(C)C[C@H]2c2cc(Cl)ccc2O3)cc1. The summed E-state index contributed by atoms with van der Waals surface area (Å²) in [7, 11) is -3.90. The summed E-state index contributed by atoms with van der Waals surface area (Å²) in [5.74, 6) is -0.230. The van der Waals surface area contributed by atoms with Crippen LogP contribution in [-0.2, 0) is 14.6 Å². The van der Waals surface area contributed by atoms with E-state index in [9.17, 15) is 13.2 Å². The van der Waals surface area contributed by atoms with Crippen LogP contribution in [-0.4, -0.2) is 25.3 Å². The molecule has 0 aromatic heterocycles. The van der Waals surface area contributed by atoms with Gasteiger partial charge in [0.05, 0.1) is 4.90 Å². The average molecular weight is 420 g/mol. The van der Waals surface area contributed by atoms with E-state index in [1.165, 1.54) is 0 Å². The summed E-state index contributed by atoms with van der Waals surface area (Å²) in [6.45, 7) is 5.85. The Labute approximate surface area is 170 Å². The van der Waals surface area contributed by atoms with Gasteiger partial charge in [-0.1, -0.05) is 37.6 Å². The van der Waals surface area contributed by atoms with Crippen LogP contribution < -0.4 is 10.1 Å². The summed E-state index contributed by atoms with van der Waals surface area (Å²) in [5.41, 5.74) is 0.769. The number of sulfone groups is 1. The second kappa shape index (κ2) is 6.49. The van der Waals surface area contributed by atoms with Gasteiger partial charge in [0.15, 0.2) is 20.8 Å². The van der Waals surface area contributed by atoms with E-state index in [0.29, 0.717) is 28.7 Å². The van der Waals surface area contributed by atoms with E-state index in [1.807, 2.05) is 13.8 Å². The zero-order chi connectivity index (χ0) is 20.3. The van der Waals surface area contributed by atoms with Crippen molar-refractivity contribution in [3.8, 4) is 5.75 Å². The number of hydrogen-bond acceptors (Lipinski definition) is 4. The van der Waals surface area contributed by atoms with Crippen molar-refractivity contribution in [2.75, 3.05) is 0 Å². The third kappa shape index (κ3) is 3.08. The van der Waals surface area contributed by atoms with E-state index in [1.54, 1.807) is 49.4 Å². The molecule has 1 saturated heterocycles. The van der Waals surface area contributed by atoms with Crippen LogP contribution >= 0.6 is 11.6 Å². The van der Waals surface area contributed by atoms with Crippen molar-refractivity contribution < 1.29 is 17.9 Å². The number of halogens is 1. The minimum absolute atomic E-state index is 0.149. The number of benzene rings is 2. The molecule has 1 N–H and O–H groups in total. The van der Waals surface area contributed by atoms with Gasteiger partial charge in [-0.05, 0) is 48.7 Å². The van der Waals surface area contributed by atoms with E-state index in [4.69, 9.17) is 16.3 Å². The number of amides is 1. The lowest BCUT2D eigenvalue weighted by Crippen LogP contribution is -2.63. The number of carbonyl (C=O) groups excluding carboxylic acids is 1. The van der Waals surface area contributed by atoms with Crippen LogP contribution in [0.5, 0.6) is 5.75 Å². The number of carbonyl (C=O) groups is 1. The number of ether oxygens (including phenoxy) is 1. The second-order valence-corrected chi connectivity index (χ2v) is 10.5. The van der Waals surface area contributed by atoms with Gasteiger partial charge in [-0.25, -0.2) is 8.42 Å². The van der Waals surface area contributed by atoms with Crippen molar-refractivity contribution in [3.05, 3.63) is 58.6 Å². The summed E-state index contributed by atoms with van der Waals surface area (Å²) in [4.78, 5) is 13.0. The molecule has 1 fully saturated rings. The first-order valence-electron chi connectivity index (χ1n) is 9.25. The fourth-order valence-electron chi connectivity index (χ4n) is 4.12. The molecular formula is C21H22ClNO4S. The molecule has 0 unspecified atom stereocenters. The van der Waals surface area contributed by atoms with Crippen LogP contribution in [0.3, 0.4) is 0 Å². The van der Waals surface area contributed by atoms with Crippen LogP contribution in [0.25, 0.3) is 0 Å². The van der Waals surface area contributed by atoms with Crippen molar-refractivity contribution in [3.63, 3.8) is 0 Å². The molecule has 7 heteroatoms. The molecule has 1 amide bonds. The first kappa shape index (κ1) is 19.3. The summed E-state index contributed by atoms with van der Waals surface area (Å²) in [6.07, 6.45) is 0.361. The van der Waals surface area contributed by atoms with Crippen LogP contribution in [0.15, 0.2) is 47.4 Å². The number of piperidine rings is 1. The highest BCUT2D eigenvalue weighted by Crippen LogP contribution is 2.47. The monoisotopic (exact) mass is 419 g/mol. The maximum atomic E-state index is 13.4. The Morgan fingerprint density at radius 1 is 1.18 bits per heavy atom. The molecule has 0 radical (unpaired) electrons. The molecule has 2 aromatic carbocycles. The lowest BCUT2D eigenvalue weighted by Gasteiger charge is -2.46. The van der Waals surface area contributed by atoms with Gasteiger partial charge in [0.1, 0.15) is 5.75 Å². The van der Waals surface area contributed by atoms with Crippen LogP contribution in [0.1, 0.15) is 50.2 Å². The molecule has 0 spiro atoms. The van der Waals surface area contributed by atoms with Gasteiger partial charge >= 0.3 is 0 Å². The van der Waals surface area contributed by atoms with E-state index in [-0.39, 0.29) is 4.90 Å². The Hall–Kier alpha value is -2.05. The quantitative estimate of drug-likeness (QED) is 0.815. The summed E-state index contributed by atoms with van der Waals surface area (Å²) in [6, 6.07) is 11.9. The molecule has 2 aromatic rings. The largest absolute Gasteiger partial charge is 0.468 e. The molecule has 2 heterocycles. The zero-order valence-corrected chi connectivity index (χ0v) is 17.5. The highest BCUT2D eigenvalue weighted by atomic mass is 35.5. The zero-order valence-electron chi connectivity index (χ0n) is 15.9. The first-order valence-corrected chi connectivity index (χ1v) is 11.2. The molecule has 28 heavy (non-hydrogen) atoms. The number of hydrogen-bond donors (Lipinski definition) is 1. The molecule has 2 aliphatic rings. The van der Waals surface area contributed by atoms with Crippen molar-refractivity contribution >= 4 is 27.3 Å². The molecule has 2 bridgehead atoms. The van der Waals surface area contributed by atoms with Crippen molar-refractivity contribution in [1.82, 2.24) is 5.32 Å². The topological polar surface area (TPSA) is 72.5 Å². The van der Waals surface area contributed by atoms with Gasteiger partial charge in [-0.15, -0.1) is 0 Å². The van der Waals surface area contributed by atoms with E-state index >= 15 is 0 Å². The molecular weight excluding hydrogens is 398 g/mol. The molecule has 4 rings (SSSR count). The van der Waals surface area contributed by atoms with E-state index < -0.39 is 32.6 Å². The van der Waals surface area contributed by atoms with Crippen molar-refractivity contribution in [2.45, 2.75) is 54.9 Å². The molecule has 3 atom stereocenters. The van der Waals surface area contributed by atoms with Gasteiger partial charge in [0.25, 0.3) is 0 Å². The van der Waals surface area contributed by atoms with Crippen LogP contribution in [0.4, 0.5) is 0 Å². The highest BCUT2D eigenvalue weighted by molar-refractivity contribution is 7.92. The third-order valence-corrected chi connectivity index (χ3v) is 7.91. The fourth-order valence-corrected chi connectivity index (χ4v) is 6.13. The normalized spacial score (nSPS) is 26.4. The summed E-state index contributed by atoms with van der Waals surface area (Å²) in [5, 5.41) is 2.01. The van der Waals surface area contributed by atoms with Crippen molar-refractivity contribution in [1.29, 1.82) is 0 Å². The van der Waals surface area contributed by atoms with Gasteiger partial charge in [-0.3, -0.25) is 4.79 Å². The van der Waals surface area contributed by atoms with Gasteiger partial charge < -0.3 is 10.1 Å². The lowest BCUT2D eigenvalue weighted by molar-refractivity contribution is -0.132. The maximum absolute atomic E-state index is 13.4. The van der Waals surface area contributed by atoms with Crippen LogP contribution in [0, 0.1) is 0 Å². The smallest absolute Gasteiger partial charge is 0.242 e. The standard InChI is InChI=1S/C21H22ClNO4S/c1-12(2)13-4-7-15(8-5-13)28(25,26)19-17-11-21(3,23-20(19)24)27-18-9-6-14(22)10-16(17)18/h4-10,12,17,19H,11H2,1-3H3,(H,23,24)/t17-,19+,21-/m0/s1. The predicted octanol–water partition coefficient (Wildman–Crippen LogP) is 4.02. The van der Waals surface area contributed by atoms with Gasteiger partial charge in [0, 0.05) is 22.9 Å². The summed E-state index contributed by atoms with van der Waals surface area (Å²) < 4.78 is 32.8. The lowest BCUT2D eigenvalue weighted by atomic mass is 9.81. The Kier molecular flexibility index (Phi) is 4.47. The minimum Gasteiger partial charge on any atom is -0.468 e. The molecule has 148 valence electrons. The molecule has 0 saturated carbocycles.